The summed E-state index contributed by atoms with van der Waals surface area (Å²) in [5.74, 6) is -0.378. The van der Waals surface area contributed by atoms with Crippen molar-refractivity contribution in [3.05, 3.63) is 59.1 Å². The Bertz CT molecular complexity index is 1160. The number of hydrogen-bond acceptors (Lipinski definition) is 6. The van der Waals surface area contributed by atoms with Crippen LogP contribution in [0, 0.1) is 11.3 Å². The SMILES string of the molecule is CCCN(CC)c1ccc(C#N)cc1NC(=O)c1csc(N2C(=O)N(C)C3C=CC=CC32)n1. The van der Waals surface area contributed by atoms with E-state index in [0.717, 1.165) is 25.2 Å². The van der Waals surface area contributed by atoms with E-state index in [2.05, 4.69) is 35.1 Å². The molecule has 33 heavy (non-hydrogen) atoms. The van der Waals surface area contributed by atoms with Crippen LogP contribution in [0.4, 0.5) is 21.3 Å². The molecule has 0 radical (unpaired) electrons. The number of likely N-dealkylation sites (N-methyl/N-ethyl adjacent to an activating group) is 1. The molecule has 0 saturated carbocycles. The van der Waals surface area contributed by atoms with E-state index in [1.807, 2.05) is 30.4 Å². The van der Waals surface area contributed by atoms with Crippen molar-refractivity contribution in [3.8, 4) is 6.07 Å². The molecule has 8 nitrogen and oxygen atoms in total. The van der Waals surface area contributed by atoms with Crippen molar-refractivity contribution < 1.29 is 9.59 Å². The van der Waals surface area contributed by atoms with E-state index in [-0.39, 0.29) is 29.7 Å². The summed E-state index contributed by atoms with van der Waals surface area (Å²) in [4.78, 5) is 35.9. The summed E-state index contributed by atoms with van der Waals surface area (Å²) in [5, 5.41) is 14.4. The highest BCUT2D eigenvalue weighted by Gasteiger charge is 2.44. The summed E-state index contributed by atoms with van der Waals surface area (Å²) in [6, 6.07) is 7.07. The predicted molar refractivity (Wildman–Crippen MR) is 131 cm³/mol. The molecular formula is C24H26N6O2S. The number of amides is 3. The minimum Gasteiger partial charge on any atom is -0.370 e. The topological polar surface area (TPSA) is 92.6 Å². The lowest BCUT2D eigenvalue weighted by atomic mass is 10.0. The second-order valence-electron chi connectivity index (χ2n) is 7.91. The van der Waals surface area contributed by atoms with Crippen LogP contribution in [0.3, 0.4) is 0 Å². The lowest BCUT2D eigenvalue weighted by Gasteiger charge is -2.25. The molecule has 1 fully saturated rings. The van der Waals surface area contributed by atoms with Crippen LogP contribution in [-0.2, 0) is 0 Å². The number of hydrogen-bond donors (Lipinski definition) is 1. The van der Waals surface area contributed by atoms with E-state index in [1.54, 1.807) is 34.4 Å². The lowest BCUT2D eigenvalue weighted by Crippen LogP contribution is -2.35. The molecule has 1 N–H and O–H groups in total. The van der Waals surface area contributed by atoms with Gasteiger partial charge in [0.25, 0.3) is 5.91 Å². The zero-order valence-corrected chi connectivity index (χ0v) is 19.7. The fourth-order valence-corrected chi connectivity index (χ4v) is 5.02. The fraction of sp³-hybridized carbons (Fsp3) is 0.333. The molecule has 2 heterocycles. The van der Waals surface area contributed by atoms with E-state index in [0.29, 0.717) is 16.4 Å². The minimum atomic E-state index is -0.378. The second kappa shape index (κ2) is 9.46. The highest BCUT2D eigenvalue weighted by Crippen LogP contribution is 2.34. The third kappa shape index (κ3) is 4.22. The summed E-state index contributed by atoms with van der Waals surface area (Å²) in [5.41, 5.74) is 2.13. The standard InChI is InChI=1S/C24H26N6O2S/c1-4-12-29(5-2)19-11-10-16(14-25)13-17(19)26-22(31)18-15-33-23(27-18)30-21-9-7-6-8-20(21)28(3)24(30)32/h6-11,13,15,20-21H,4-5,12H2,1-3H3,(H,26,31). The first kappa shape index (κ1) is 22.6. The number of nitrogens with one attached hydrogen (secondary N) is 1. The molecule has 2 aromatic rings. The Morgan fingerprint density at radius 2 is 2.03 bits per heavy atom. The molecular weight excluding hydrogens is 436 g/mol. The first-order chi connectivity index (χ1) is 16.0. The Morgan fingerprint density at radius 1 is 1.27 bits per heavy atom. The van der Waals surface area contributed by atoms with Gasteiger partial charge in [0.05, 0.1) is 35.1 Å². The fourth-order valence-electron chi connectivity index (χ4n) is 4.18. The van der Waals surface area contributed by atoms with Crippen LogP contribution in [-0.4, -0.2) is 54.0 Å². The van der Waals surface area contributed by atoms with Gasteiger partial charge in [-0.15, -0.1) is 11.3 Å². The molecule has 0 bridgehead atoms. The van der Waals surface area contributed by atoms with Crippen molar-refractivity contribution in [1.29, 1.82) is 5.26 Å². The van der Waals surface area contributed by atoms with Crippen molar-refractivity contribution in [3.63, 3.8) is 0 Å². The van der Waals surface area contributed by atoms with E-state index >= 15 is 0 Å². The molecule has 9 heteroatoms. The number of anilines is 3. The number of fused-ring (bicyclic) bond motifs is 1. The van der Waals surface area contributed by atoms with E-state index in [4.69, 9.17) is 0 Å². The van der Waals surface area contributed by atoms with Crippen molar-refractivity contribution in [2.45, 2.75) is 32.4 Å². The third-order valence-electron chi connectivity index (χ3n) is 5.85. The number of rotatable bonds is 7. The Balaban J connectivity index is 1.59. The molecule has 4 rings (SSSR count). The number of aromatic nitrogens is 1. The Kier molecular flexibility index (Phi) is 6.47. The lowest BCUT2D eigenvalue weighted by molar-refractivity contribution is 0.102. The molecule has 2 aliphatic rings. The number of allylic oxidation sites excluding steroid dienone is 2. The maximum absolute atomic E-state index is 13.1. The number of benzene rings is 1. The number of nitriles is 1. The van der Waals surface area contributed by atoms with Crippen LogP contribution in [0.1, 0.15) is 36.3 Å². The number of urea groups is 1. The van der Waals surface area contributed by atoms with Crippen LogP contribution in [0.2, 0.25) is 0 Å². The zero-order chi connectivity index (χ0) is 23.5. The van der Waals surface area contributed by atoms with Crippen LogP contribution in [0.5, 0.6) is 0 Å². The minimum absolute atomic E-state index is 0.0569. The molecule has 0 spiro atoms. The first-order valence-electron chi connectivity index (χ1n) is 11.0. The molecule has 1 aliphatic carbocycles. The van der Waals surface area contributed by atoms with Crippen LogP contribution in [0.15, 0.2) is 47.9 Å². The first-order valence-corrected chi connectivity index (χ1v) is 11.8. The van der Waals surface area contributed by atoms with Gasteiger partial charge in [-0.05, 0) is 31.5 Å². The molecule has 2 atom stereocenters. The van der Waals surface area contributed by atoms with Crippen LogP contribution in [0.25, 0.3) is 0 Å². The number of carbonyl (C=O) groups excluding carboxylic acids is 2. The Labute approximate surface area is 197 Å². The summed E-state index contributed by atoms with van der Waals surface area (Å²) in [6.45, 7) is 5.76. The van der Waals surface area contributed by atoms with Gasteiger partial charge in [0.1, 0.15) is 5.69 Å². The predicted octanol–water partition coefficient (Wildman–Crippen LogP) is 4.24. The second-order valence-corrected chi connectivity index (χ2v) is 8.74. The van der Waals surface area contributed by atoms with E-state index in [9.17, 15) is 14.9 Å². The van der Waals surface area contributed by atoms with Crippen molar-refractivity contribution in [2.75, 3.05) is 35.3 Å². The quantitative estimate of drug-likeness (QED) is 0.664. The number of thiazole rings is 1. The van der Waals surface area contributed by atoms with Crippen molar-refractivity contribution in [2.24, 2.45) is 0 Å². The van der Waals surface area contributed by atoms with Crippen molar-refractivity contribution in [1.82, 2.24) is 9.88 Å². The monoisotopic (exact) mass is 462 g/mol. The van der Waals surface area contributed by atoms with Gasteiger partial charge in [-0.2, -0.15) is 5.26 Å². The molecule has 2 unspecified atom stereocenters. The molecule has 1 aromatic carbocycles. The average Bonchev–Trinajstić information content (AvgIpc) is 3.41. The molecule has 170 valence electrons. The molecule has 1 aromatic heterocycles. The third-order valence-corrected chi connectivity index (χ3v) is 6.69. The van der Waals surface area contributed by atoms with Crippen molar-refractivity contribution >= 4 is 39.8 Å². The average molecular weight is 463 g/mol. The maximum atomic E-state index is 13.1. The smallest absolute Gasteiger partial charge is 0.327 e. The van der Waals surface area contributed by atoms with Crippen LogP contribution >= 0.6 is 11.3 Å². The van der Waals surface area contributed by atoms with Gasteiger partial charge in [-0.25, -0.2) is 9.78 Å². The van der Waals surface area contributed by atoms with E-state index < -0.39 is 0 Å². The molecule has 1 aliphatic heterocycles. The number of carbonyl (C=O) groups is 2. The van der Waals surface area contributed by atoms with Gasteiger partial charge < -0.3 is 15.1 Å². The molecule has 3 amide bonds. The largest absolute Gasteiger partial charge is 0.370 e. The Morgan fingerprint density at radius 3 is 2.73 bits per heavy atom. The van der Waals surface area contributed by atoms with Gasteiger partial charge >= 0.3 is 6.03 Å². The van der Waals surface area contributed by atoms with Gasteiger partial charge in [0, 0.05) is 25.5 Å². The normalized spacial score (nSPS) is 18.9. The summed E-state index contributed by atoms with van der Waals surface area (Å²) < 4.78 is 0. The van der Waals surface area contributed by atoms with Gasteiger partial charge in [-0.3, -0.25) is 9.69 Å². The van der Waals surface area contributed by atoms with Gasteiger partial charge in [0.2, 0.25) is 0 Å². The highest BCUT2D eigenvalue weighted by molar-refractivity contribution is 7.14. The van der Waals surface area contributed by atoms with Crippen LogP contribution < -0.4 is 15.1 Å². The number of nitrogens with zero attached hydrogens (tertiary/aromatic N) is 5. The zero-order valence-electron chi connectivity index (χ0n) is 18.9. The van der Waals surface area contributed by atoms with Gasteiger partial charge in [0.15, 0.2) is 5.13 Å². The maximum Gasteiger partial charge on any atom is 0.327 e. The Hall–Kier alpha value is -3.64. The summed E-state index contributed by atoms with van der Waals surface area (Å²) in [7, 11) is 1.77. The van der Waals surface area contributed by atoms with Gasteiger partial charge in [-0.1, -0.05) is 31.2 Å². The summed E-state index contributed by atoms with van der Waals surface area (Å²) in [6.07, 6.45) is 8.77. The van der Waals surface area contributed by atoms with E-state index in [1.165, 1.54) is 11.3 Å². The summed E-state index contributed by atoms with van der Waals surface area (Å²) >= 11 is 1.26. The molecule has 1 saturated heterocycles. The highest BCUT2D eigenvalue weighted by atomic mass is 32.1.